The highest BCUT2D eigenvalue weighted by atomic mass is 32.1. The molecule has 6 heteroatoms. The highest BCUT2D eigenvalue weighted by Gasteiger charge is 2.21. The van der Waals surface area contributed by atoms with Crippen molar-refractivity contribution in [2.45, 2.75) is 38.9 Å². The monoisotopic (exact) mass is 330 g/mol. The van der Waals surface area contributed by atoms with Gasteiger partial charge in [0.15, 0.2) is 0 Å². The van der Waals surface area contributed by atoms with E-state index in [9.17, 15) is 0 Å². The third kappa shape index (κ3) is 2.74. The minimum absolute atomic E-state index is 0.509. The topological polar surface area (TPSA) is 42.7 Å². The summed E-state index contributed by atoms with van der Waals surface area (Å²) in [5, 5.41) is 16.5. The summed E-state index contributed by atoms with van der Waals surface area (Å²) in [5.74, 6) is 2.16. The second kappa shape index (κ2) is 5.95. The zero-order chi connectivity index (χ0) is 14.9. The van der Waals surface area contributed by atoms with Crippen LogP contribution in [0.2, 0.25) is 0 Å². The zero-order valence-corrected chi connectivity index (χ0v) is 14.1. The Morgan fingerprint density at radius 2 is 2.32 bits per heavy atom. The lowest BCUT2D eigenvalue weighted by Crippen LogP contribution is -2.37. The zero-order valence-electron chi connectivity index (χ0n) is 12.5. The fourth-order valence-corrected chi connectivity index (χ4v) is 4.54. The molecule has 0 amide bonds. The quantitative estimate of drug-likeness (QED) is 0.796. The summed E-state index contributed by atoms with van der Waals surface area (Å²) < 4.78 is 2.24. The van der Waals surface area contributed by atoms with E-state index in [1.165, 1.54) is 15.3 Å². The first-order valence-electron chi connectivity index (χ1n) is 7.53. The van der Waals surface area contributed by atoms with Crippen LogP contribution in [0.1, 0.15) is 22.9 Å². The van der Waals surface area contributed by atoms with Crippen molar-refractivity contribution in [2.75, 3.05) is 0 Å². The molecule has 114 valence electrons. The molecular formula is C16H18N4S2. The number of nitrogens with one attached hydrogen (secondary N) is 1. The van der Waals surface area contributed by atoms with Crippen molar-refractivity contribution >= 4 is 22.7 Å². The molecule has 3 aromatic rings. The molecule has 0 saturated heterocycles. The van der Waals surface area contributed by atoms with Gasteiger partial charge < -0.3 is 9.88 Å². The highest BCUT2D eigenvalue weighted by molar-refractivity contribution is 7.14. The van der Waals surface area contributed by atoms with Crippen molar-refractivity contribution < 1.29 is 0 Å². The van der Waals surface area contributed by atoms with Crippen molar-refractivity contribution in [1.82, 2.24) is 20.1 Å². The Morgan fingerprint density at radius 1 is 1.36 bits per heavy atom. The summed E-state index contributed by atoms with van der Waals surface area (Å²) in [4.78, 5) is 2.75. The van der Waals surface area contributed by atoms with Gasteiger partial charge in [0.2, 0.25) is 0 Å². The number of hydrogen-bond donors (Lipinski definition) is 1. The molecule has 0 saturated carbocycles. The van der Waals surface area contributed by atoms with Gasteiger partial charge in [-0.3, -0.25) is 0 Å². The SMILES string of the molecule is Cc1nnc2n1C[C@H](NCc1cc(-c3cccs3)cs1)CC2. The third-order valence-corrected chi connectivity index (χ3v) is 6.01. The second-order valence-electron chi connectivity index (χ2n) is 5.67. The molecule has 0 aliphatic carbocycles. The van der Waals surface area contributed by atoms with Crippen molar-refractivity contribution in [3.05, 3.63) is 45.5 Å². The Morgan fingerprint density at radius 3 is 3.18 bits per heavy atom. The number of nitrogens with zero attached hydrogens (tertiary/aromatic N) is 3. The molecule has 0 aromatic carbocycles. The van der Waals surface area contributed by atoms with E-state index in [2.05, 4.69) is 49.0 Å². The van der Waals surface area contributed by atoms with Crippen molar-refractivity contribution in [3.63, 3.8) is 0 Å². The number of rotatable bonds is 4. The first-order chi connectivity index (χ1) is 10.8. The molecule has 1 aliphatic heterocycles. The van der Waals surface area contributed by atoms with Crippen molar-refractivity contribution in [2.24, 2.45) is 0 Å². The lowest BCUT2D eigenvalue weighted by molar-refractivity contribution is 0.376. The Hall–Kier alpha value is -1.50. The minimum Gasteiger partial charge on any atom is -0.314 e. The van der Waals surface area contributed by atoms with Gasteiger partial charge >= 0.3 is 0 Å². The van der Waals surface area contributed by atoms with Crippen LogP contribution in [0.4, 0.5) is 0 Å². The number of aromatic nitrogens is 3. The lowest BCUT2D eigenvalue weighted by atomic mass is 10.1. The summed E-state index contributed by atoms with van der Waals surface area (Å²) in [6, 6.07) is 7.11. The van der Waals surface area contributed by atoms with Gasteiger partial charge in [0, 0.05) is 40.9 Å². The van der Waals surface area contributed by atoms with E-state index in [1.807, 2.05) is 18.3 Å². The van der Waals surface area contributed by atoms with Crippen LogP contribution in [-0.2, 0) is 19.5 Å². The number of thiophene rings is 2. The molecule has 0 radical (unpaired) electrons. The first-order valence-corrected chi connectivity index (χ1v) is 9.29. The lowest BCUT2D eigenvalue weighted by Gasteiger charge is -2.24. The Kier molecular flexibility index (Phi) is 3.82. The van der Waals surface area contributed by atoms with E-state index in [-0.39, 0.29) is 0 Å². The average molecular weight is 330 g/mol. The van der Waals surface area contributed by atoms with Crippen LogP contribution in [0.25, 0.3) is 10.4 Å². The molecule has 4 rings (SSSR count). The number of hydrogen-bond acceptors (Lipinski definition) is 5. The van der Waals surface area contributed by atoms with Crippen LogP contribution in [0.3, 0.4) is 0 Å². The second-order valence-corrected chi connectivity index (χ2v) is 7.61. The van der Waals surface area contributed by atoms with Gasteiger partial charge in [-0.15, -0.1) is 32.9 Å². The van der Waals surface area contributed by atoms with Crippen molar-refractivity contribution in [3.8, 4) is 10.4 Å². The largest absolute Gasteiger partial charge is 0.314 e. The normalized spacial score (nSPS) is 17.6. The molecule has 0 spiro atoms. The summed E-state index contributed by atoms with van der Waals surface area (Å²) in [6.07, 6.45) is 2.16. The predicted molar refractivity (Wildman–Crippen MR) is 91.3 cm³/mol. The van der Waals surface area contributed by atoms with E-state index in [0.717, 1.165) is 37.6 Å². The molecule has 0 fully saturated rings. The van der Waals surface area contributed by atoms with Gasteiger partial charge in [-0.2, -0.15) is 0 Å². The Bertz CT molecular complexity index is 757. The standard InChI is InChI=1S/C16H18N4S2/c1-11-18-19-16-5-4-13(9-20(11)16)17-8-14-7-12(10-22-14)15-3-2-6-21-15/h2-3,6-7,10,13,17H,4-5,8-9H2,1H3/t13-/m1/s1. The van der Waals surface area contributed by atoms with Gasteiger partial charge in [-0.05, 0) is 36.2 Å². The van der Waals surface area contributed by atoms with E-state index in [0.29, 0.717) is 6.04 Å². The highest BCUT2D eigenvalue weighted by Crippen LogP contribution is 2.29. The molecule has 3 aromatic heterocycles. The van der Waals surface area contributed by atoms with Gasteiger partial charge in [0.05, 0.1) is 0 Å². The number of aryl methyl sites for hydroxylation is 2. The fourth-order valence-electron chi connectivity index (χ4n) is 2.92. The van der Waals surface area contributed by atoms with Gasteiger partial charge in [0.25, 0.3) is 0 Å². The van der Waals surface area contributed by atoms with E-state index in [4.69, 9.17) is 0 Å². The molecule has 0 bridgehead atoms. The maximum Gasteiger partial charge on any atom is 0.133 e. The molecule has 22 heavy (non-hydrogen) atoms. The average Bonchev–Trinajstić information content (AvgIpc) is 3.26. The predicted octanol–water partition coefficient (Wildman–Crippen LogP) is 3.48. The molecule has 0 unspecified atom stereocenters. The van der Waals surface area contributed by atoms with Crippen LogP contribution < -0.4 is 5.32 Å². The molecule has 1 aliphatic rings. The summed E-state index contributed by atoms with van der Waals surface area (Å²) in [7, 11) is 0. The van der Waals surface area contributed by atoms with Crippen LogP contribution in [0.5, 0.6) is 0 Å². The first kappa shape index (κ1) is 14.1. The van der Waals surface area contributed by atoms with Crippen LogP contribution in [0, 0.1) is 6.92 Å². The van der Waals surface area contributed by atoms with Gasteiger partial charge in [-0.1, -0.05) is 6.07 Å². The maximum atomic E-state index is 4.23. The molecule has 4 heterocycles. The fraction of sp³-hybridized carbons (Fsp3) is 0.375. The van der Waals surface area contributed by atoms with E-state index < -0.39 is 0 Å². The van der Waals surface area contributed by atoms with Gasteiger partial charge in [0.1, 0.15) is 11.6 Å². The third-order valence-electron chi connectivity index (χ3n) is 4.16. The smallest absolute Gasteiger partial charge is 0.133 e. The number of fused-ring (bicyclic) bond motifs is 1. The minimum atomic E-state index is 0.509. The van der Waals surface area contributed by atoms with Crippen LogP contribution in [-0.4, -0.2) is 20.8 Å². The summed E-state index contributed by atoms with van der Waals surface area (Å²) in [5.41, 5.74) is 1.34. The Balaban J connectivity index is 1.38. The molecule has 1 N–H and O–H groups in total. The molecular weight excluding hydrogens is 312 g/mol. The van der Waals surface area contributed by atoms with E-state index >= 15 is 0 Å². The maximum absolute atomic E-state index is 4.23. The summed E-state index contributed by atoms with van der Waals surface area (Å²) >= 11 is 3.64. The molecule has 4 nitrogen and oxygen atoms in total. The Labute approximate surface area is 137 Å². The van der Waals surface area contributed by atoms with E-state index in [1.54, 1.807) is 11.3 Å². The van der Waals surface area contributed by atoms with Gasteiger partial charge in [-0.25, -0.2) is 0 Å². The molecule has 1 atom stereocenters. The summed E-state index contributed by atoms with van der Waals surface area (Å²) in [6.45, 7) is 3.96. The van der Waals surface area contributed by atoms with Crippen LogP contribution >= 0.6 is 22.7 Å². The van der Waals surface area contributed by atoms with Crippen LogP contribution in [0.15, 0.2) is 29.0 Å². The van der Waals surface area contributed by atoms with Crippen molar-refractivity contribution in [1.29, 1.82) is 0 Å².